The fraction of sp³-hybridized carbons (Fsp3) is 0.562. The molecule has 3 heterocycles. The number of piperidine rings is 1. The summed E-state index contributed by atoms with van der Waals surface area (Å²) in [7, 11) is 0. The minimum absolute atomic E-state index is 0.649. The predicted octanol–water partition coefficient (Wildman–Crippen LogP) is 1.77. The van der Waals surface area contributed by atoms with Crippen molar-refractivity contribution in [1.29, 1.82) is 0 Å². The number of hydrogen-bond acceptors (Lipinski definition) is 5. The van der Waals surface area contributed by atoms with Crippen molar-refractivity contribution < 1.29 is 4.74 Å². The molecule has 1 aliphatic rings. The summed E-state index contributed by atoms with van der Waals surface area (Å²) in [5, 5.41) is 7.83. The molecule has 1 aliphatic heterocycles. The lowest BCUT2D eigenvalue weighted by atomic mass is 9.98. The minimum atomic E-state index is 0.649. The van der Waals surface area contributed by atoms with Crippen LogP contribution in [0.2, 0.25) is 0 Å². The maximum absolute atomic E-state index is 5.90. The number of rotatable bonds is 6. The molecule has 2 aromatic rings. The van der Waals surface area contributed by atoms with Crippen LogP contribution in [0.15, 0.2) is 30.7 Å². The van der Waals surface area contributed by atoms with Crippen molar-refractivity contribution in [1.82, 2.24) is 24.9 Å². The number of ether oxygens (including phenoxy) is 1. The van der Waals surface area contributed by atoms with Crippen molar-refractivity contribution in [2.24, 2.45) is 5.92 Å². The van der Waals surface area contributed by atoms with Gasteiger partial charge in [-0.2, -0.15) is 0 Å². The highest BCUT2D eigenvalue weighted by Gasteiger charge is 2.19. The highest BCUT2D eigenvalue weighted by Crippen LogP contribution is 2.19. The molecule has 2 aromatic heterocycles. The van der Waals surface area contributed by atoms with Gasteiger partial charge in [-0.05, 0) is 44.8 Å². The molecular formula is C16H23N5O. The molecule has 0 aliphatic carbocycles. The van der Waals surface area contributed by atoms with E-state index in [0.717, 1.165) is 44.2 Å². The Labute approximate surface area is 131 Å². The molecule has 3 rings (SSSR count). The molecule has 22 heavy (non-hydrogen) atoms. The van der Waals surface area contributed by atoms with Gasteiger partial charge in [-0.25, -0.2) is 0 Å². The van der Waals surface area contributed by atoms with Gasteiger partial charge in [0.05, 0.1) is 19.3 Å². The minimum Gasteiger partial charge on any atom is -0.493 e. The summed E-state index contributed by atoms with van der Waals surface area (Å²) in [5.41, 5.74) is 1.00. The molecule has 118 valence electrons. The first-order valence-corrected chi connectivity index (χ1v) is 7.91. The van der Waals surface area contributed by atoms with Gasteiger partial charge in [-0.3, -0.25) is 9.67 Å². The van der Waals surface area contributed by atoms with Crippen LogP contribution in [0.25, 0.3) is 0 Å². The third-order valence-electron chi connectivity index (χ3n) is 4.18. The van der Waals surface area contributed by atoms with Crippen LogP contribution >= 0.6 is 0 Å². The van der Waals surface area contributed by atoms with E-state index < -0.39 is 0 Å². The number of aromatic nitrogens is 4. The SMILES string of the molecule is Cc1cc(OCC2CCN(CCn3ccnn3)CC2)ccn1. The first-order chi connectivity index (χ1) is 10.8. The second-order valence-electron chi connectivity index (χ2n) is 5.90. The maximum Gasteiger partial charge on any atom is 0.122 e. The summed E-state index contributed by atoms with van der Waals surface area (Å²) >= 11 is 0. The van der Waals surface area contributed by atoms with E-state index in [9.17, 15) is 0 Å². The molecule has 0 aromatic carbocycles. The fourth-order valence-electron chi connectivity index (χ4n) is 2.80. The molecule has 0 spiro atoms. The van der Waals surface area contributed by atoms with Crippen molar-refractivity contribution in [2.75, 3.05) is 26.2 Å². The summed E-state index contributed by atoms with van der Waals surface area (Å²) in [4.78, 5) is 6.68. The van der Waals surface area contributed by atoms with Gasteiger partial charge in [-0.15, -0.1) is 5.10 Å². The first kappa shape index (κ1) is 15.0. The third-order valence-corrected chi connectivity index (χ3v) is 4.18. The highest BCUT2D eigenvalue weighted by atomic mass is 16.5. The smallest absolute Gasteiger partial charge is 0.122 e. The Bertz CT molecular complexity index is 564. The van der Waals surface area contributed by atoms with Gasteiger partial charge >= 0.3 is 0 Å². The molecule has 1 fully saturated rings. The Kier molecular flexibility index (Phi) is 5.00. The second-order valence-corrected chi connectivity index (χ2v) is 5.90. The molecule has 0 bridgehead atoms. The Balaban J connectivity index is 1.36. The normalized spacial score (nSPS) is 16.8. The Morgan fingerprint density at radius 1 is 1.23 bits per heavy atom. The Morgan fingerprint density at radius 3 is 2.82 bits per heavy atom. The lowest BCUT2D eigenvalue weighted by molar-refractivity contribution is 0.137. The quantitative estimate of drug-likeness (QED) is 0.814. The topological polar surface area (TPSA) is 56.1 Å². The van der Waals surface area contributed by atoms with Crippen molar-refractivity contribution >= 4 is 0 Å². The van der Waals surface area contributed by atoms with Gasteiger partial charge < -0.3 is 9.64 Å². The van der Waals surface area contributed by atoms with Crippen molar-refractivity contribution in [2.45, 2.75) is 26.3 Å². The van der Waals surface area contributed by atoms with E-state index >= 15 is 0 Å². The van der Waals surface area contributed by atoms with Gasteiger partial charge in [0.2, 0.25) is 0 Å². The van der Waals surface area contributed by atoms with Gasteiger partial charge in [0.1, 0.15) is 5.75 Å². The summed E-state index contributed by atoms with van der Waals surface area (Å²) in [5.74, 6) is 1.58. The van der Waals surface area contributed by atoms with E-state index in [1.165, 1.54) is 12.8 Å². The zero-order chi connectivity index (χ0) is 15.2. The summed E-state index contributed by atoms with van der Waals surface area (Å²) in [6.45, 7) is 7.02. The van der Waals surface area contributed by atoms with E-state index in [-0.39, 0.29) is 0 Å². The zero-order valence-electron chi connectivity index (χ0n) is 13.1. The molecule has 0 amide bonds. The molecule has 0 radical (unpaired) electrons. The van der Waals surface area contributed by atoms with Crippen LogP contribution in [0.1, 0.15) is 18.5 Å². The van der Waals surface area contributed by atoms with Gasteiger partial charge in [0.25, 0.3) is 0 Å². The van der Waals surface area contributed by atoms with Crippen LogP contribution in [0.3, 0.4) is 0 Å². The highest BCUT2D eigenvalue weighted by molar-refractivity contribution is 5.21. The molecule has 6 heteroatoms. The monoisotopic (exact) mass is 301 g/mol. The van der Waals surface area contributed by atoms with Gasteiger partial charge in [0, 0.05) is 30.7 Å². The molecule has 6 nitrogen and oxygen atoms in total. The number of likely N-dealkylation sites (tertiary alicyclic amines) is 1. The average Bonchev–Trinajstić information content (AvgIpc) is 3.05. The number of aryl methyl sites for hydroxylation is 1. The number of hydrogen-bond donors (Lipinski definition) is 0. The van der Waals surface area contributed by atoms with E-state index in [2.05, 4.69) is 20.2 Å². The largest absolute Gasteiger partial charge is 0.493 e. The van der Waals surface area contributed by atoms with Gasteiger partial charge in [-0.1, -0.05) is 5.21 Å². The first-order valence-electron chi connectivity index (χ1n) is 7.91. The summed E-state index contributed by atoms with van der Waals surface area (Å²) in [6, 6.07) is 3.92. The third kappa shape index (κ3) is 4.27. The number of pyridine rings is 1. The van der Waals surface area contributed by atoms with E-state index in [1.807, 2.05) is 29.9 Å². The molecule has 0 saturated carbocycles. The molecular weight excluding hydrogens is 278 g/mol. The van der Waals surface area contributed by atoms with Crippen molar-refractivity contribution in [3.05, 3.63) is 36.4 Å². The molecule has 0 N–H and O–H groups in total. The molecule has 0 unspecified atom stereocenters. The fourth-order valence-corrected chi connectivity index (χ4v) is 2.80. The van der Waals surface area contributed by atoms with E-state index in [0.29, 0.717) is 5.92 Å². The Hall–Kier alpha value is -1.95. The number of nitrogens with zero attached hydrogens (tertiary/aromatic N) is 5. The second kappa shape index (κ2) is 7.35. The van der Waals surface area contributed by atoms with Crippen LogP contribution in [-0.4, -0.2) is 51.1 Å². The van der Waals surface area contributed by atoms with Gasteiger partial charge in [0.15, 0.2) is 0 Å². The summed E-state index contributed by atoms with van der Waals surface area (Å²) < 4.78 is 7.79. The molecule has 1 saturated heterocycles. The molecule has 0 atom stereocenters. The van der Waals surface area contributed by atoms with E-state index in [1.54, 1.807) is 12.4 Å². The predicted molar refractivity (Wildman–Crippen MR) is 83.7 cm³/mol. The maximum atomic E-state index is 5.90. The lowest BCUT2D eigenvalue weighted by Gasteiger charge is -2.31. The van der Waals surface area contributed by atoms with E-state index in [4.69, 9.17) is 4.74 Å². The van der Waals surface area contributed by atoms with Crippen LogP contribution in [0, 0.1) is 12.8 Å². The van der Waals surface area contributed by atoms with Crippen molar-refractivity contribution in [3.8, 4) is 5.75 Å². The van der Waals surface area contributed by atoms with Crippen LogP contribution in [0.5, 0.6) is 5.75 Å². The van der Waals surface area contributed by atoms with Crippen LogP contribution in [-0.2, 0) is 6.54 Å². The zero-order valence-corrected chi connectivity index (χ0v) is 13.1. The standard InChI is InChI=1S/C16H23N5O/c1-14-12-16(2-5-17-14)22-13-15-3-7-20(8-4-15)10-11-21-9-6-18-19-21/h2,5-6,9,12,15H,3-4,7-8,10-11,13H2,1H3. The van der Waals surface area contributed by atoms with Crippen LogP contribution < -0.4 is 4.74 Å². The summed E-state index contributed by atoms with van der Waals surface area (Å²) in [6.07, 6.45) is 7.84. The Morgan fingerprint density at radius 2 is 2.09 bits per heavy atom. The lowest BCUT2D eigenvalue weighted by Crippen LogP contribution is -2.37. The van der Waals surface area contributed by atoms with Crippen LogP contribution in [0.4, 0.5) is 0 Å². The van der Waals surface area contributed by atoms with Crippen molar-refractivity contribution in [3.63, 3.8) is 0 Å². The average molecular weight is 301 g/mol.